The van der Waals surface area contributed by atoms with Gasteiger partial charge in [-0.05, 0) is 23.8 Å². The van der Waals surface area contributed by atoms with Gasteiger partial charge < -0.3 is 9.15 Å². The first-order valence-electron chi connectivity index (χ1n) is 9.76. The Labute approximate surface area is 169 Å². The van der Waals surface area contributed by atoms with Crippen molar-refractivity contribution in [2.75, 3.05) is 0 Å². The van der Waals surface area contributed by atoms with Crippen LogP contribution in [0.5, 0.6) is 5.75 Å². The lowest BCUT2D eigenvalue weighted by Crippen LogP contribution is -2.36. The van der Waals surface area contributed by atoms with Gasteiger partial charge in [-0.3, -0.25) is 4.79 Å². The Hall–Kier alpha value is -3.59. The highest BCUT2D eigenvalue weighted by Crippen LogP contribution is 2.50. The van der Waals surface area contributed by atoms with E-state index in [9.17, 15) is 4.79 Å². The van der Waals surface area contributed by atoms with Crippen molar-refractivity contribution in [3.63, 3.8) is 0 Å². The highest BCUT2D eigenvalue weighted by molar-refractivity contribution is 5.99. The third-order valence-corrected chi connectivity index (χ3v) is 5.54. The number of carbonyl (C=O) groups excluding carboxylic acids is 1. The first kappa shape index (κ1) is 17.5. The number of carbonyl (C=O) groups is 1. The van der Waals surface area contributed by atoms with E-state index < -0.39 is 12.0 Å². The zero-order valence-electron chi connectivity index (χ0n) is 15.8. The summed E-state index contributed by atoms with van der Waals surface area (Å²) in [5, 5.41) is 0. The Balaban J connectivity index is 1.72. The predicted molar refractivity (Wildman–Crippen MR) is 111 cm³/mol. The van der Waals surface area contributed by atoms with Crippen molar-refractivity contribution in [2.45, 2.75) is 12.0 Å². The van der Waals surface area contributed by atoms with E-state index >= 15 is 0 Å². The van der Waals surface area contributed by atoms with E-state index in [-0.39, 0.29) is 11.7 Å². The Morgan fingerprint density at radius 3 is 2.14 bits per heavy atom. The molecule has 0 fully saturated rings. The Kier molecular flexibility index (Phi) is 4.49. The lowest BCUT2D eigenvalue weighted by Gasteiger charge is -2.38. The summed E-state index contributed by atoms with van der Waals surface area (Å²) >= 11 is 0. The SMILES string of the molecule is O=C(c1ccccc1)C1C(c2ccco2)Oc2ccccc2C1c1ccccc1. The summed E-state index contributed by atoms with van der Waals surface area (Å²) in [5.41, 5.74) is 2.79. The maximum absolute atomic E-state index is 13.8. The van der Waals surface area contributed by atoms with Gasteiger partial charge in [-0.2, -0.15) is 0 Å². The third kappa shape index (κ3) is 3.15. The first-order chi connectivity index (χ1) is 14.3. The van der Waals surface area contributed by atoms with Crippen LogP contribution < -0.4 is 4.74 Å². The second-order valence-electron chi connectivity index (χ2n) is 7.24. The summed E-state index contributed by atoms with van der Waals surface area (Å²) in [6.45, 7) is 0. The zero-order chi connectivity index (χ0) is 19.6. The smallest absolute Gasteiger partial charge is 0.171 e. The molecule has 3 atom stereocenters. The number of Topliss-reactive ketones (excluding diaryl/α,β-unsaturated/α-hetero) is 1. The van der Waals surface area contributed by atoms with E-state index in [1.807, 2.05) is 78.9 Å². The number of hydrogen-bond donors (Lipinski definition) is 0. The van der Waals surface area contributed by atoms with Crippen molar-refractivity contribution in [1.29, 1.82) is 0 Å². The zero-order valence-corrected chi connectivity index (χ0v) is 15.8. The van der Waals surface area contributed by atoms with Crippen LogP contribution in [-0.4, -0.2) is 5.78 Å². The van der Waals surface area contributed by atoms with Gasteiger partial charge in [0.2, 0.25) is 0 Å². The molecule has 0 saturated carbocycles. The van der Waals surface area contributed by atoms with Crippen LogP contribution in [0.3, 0.4) is 0 Å². The lowest BCUT2D eigenvalue weighted by molar-refractivity contribution is 0.0568. The number of ether oxygens (including phenoxy) is 1. The van der Waals surface area contributed by atoms with E-state index in [0.29, 0.717) is 11.3 Å². The summed E-state index contributed by atoms with van der Waals surface area (Å²) in [6, 6.07) is 31.3. The summed E-state index contributed by atoms with van der Waals surface area (Å²) in [6.07, 6.45) is 1.12. The molecule has 3 unspecified atom stereocenters. The van der Waals surface area contributed by atoms with Crippen molar-refractivity contribution in [1.82, 2.24) is 0 Å². The monoisotopic (exact) mass is 380 g/mol. The molecule has 0 saturated heterocycles. The maximum Gasteiger partial charge on any atom is 0.171 e. The predicted octanol–water partition coefficient (Wildman–Crippen LogP) is 6.04. The van der Waals surface area contributed by atoms with Gasteiger partial charge in [0.25, 0.3) is 0 Å². The van der Waals surface area contributed by atoms with Crippen LogP contribution in [0.15, 0.2) is 108 Å². The molecule has 1 aliphatic heterocycles. The topological polar surface area (TPSA) is 39.4 Å². The minimum absolute atomic E-state index is 0.0513. The van der Waals surface area contributed by atoms with Gasteiger partial charge in [-0.15, -0.1) is 0 Å². The van der Waals surface area contributed by atoms with Gasteiger partial charge in [0.1, 0.15) is 11.5 Å². The molecule has 4 aromatic rings. The highest BCUT2D eigenvalue weighted by atomic mass is 16.5. The average Bonchev–Trinajstić information content (AvgIpc) is 3.33. The molecule has 0 amide bonds. The lowest BCUT2D eigenvalue weighted by atomic mass is 9.72. The molecule has 0 spiro atoms. The molecular weight excluding hydrogens is 360 g/mol. The van der Waals surface area contributed by atoms with Crippen molar-refractivity contribution in [3.8, 4) is 5.75 Å². The fourth-order valence-electron chi connectivity index (χ4n) is 4.24. The molecular formula is C26H20O3. The van der Waals surface area contributed by atoms with Crippen LogP contribution in [-0.2, 0) is 0 Å². The average molecular weight is 380 g/mol. The number of rotatable bonds is 4. The second-order valence-corrected chi connectivity index (χ2v) is 7.24. The van der Waals surface area contributed by atoms with Gasteiger partial charge in [0.05, 0.1) is 12.2 Å². The molecule has 0 bridgehead atoms. The molecule has 0 radical (unpaired) electrons. The highest BCUT2D eigenvalue weighted by Gasteiger charge is 2.45. The summed E-state index contributed by atoms with van der Waals surface area (Å²) in [5.74, 6) is 0.926. The third-order valence-electron chi connectivity index (χ3n) is 5.54. The number of hydrogen-bond acceptors (Lipinski definition) is 3. The van der Waals surface area contributed by atoms with Gasteiger partial charge >= 0.3 is 0 Å². The van der Waals surface area contributed by atoms with Crippen LogP contribution in [0.25, 0.3) is 0 Å². The summed E-state index contributed by atoms with van der Waals surface area (Å²) in [4.78, 5) is 13.8. The van der Waals surface area contributed by atoms with E-state index in [1.54, 1.807) is 6.26 Å². The normalized spacial score (nSPS) is 20.5. The Morgan fingerprint density at radius 1 is 0.724 bits per heavy atom. The molecule has 3 heteroatoms. The fourth-order valence-corrected chi connectivity index (χ4v) is 4.24. The Bertz CT molecular complexity index is 1100. The molecule has 0 aliphatic carbocycles. The Morgan fingerprint density at radius 2 is 1.41 bits per heavy atom. The second kappa shape index (κ2) is 7.44. The van der Waals surface area contributed by atoms with Crippen molar-refractivity contribution in [2.24, 2.45) is 5.92 Å². The molecule has 5 rings (SSSR count). The summed E-state index contributed by atoms with van der Waals surface area (Å²) < 4.78 is 12.1. The molecule has 3 aromatic carbocycles. The largest absolute Gasteiger partial charge is 0.481 e. The van der Waals surface area contributed by atoms with Crippen LogP contribution in [0.1, 0.15) is 39.3 Å². The number of para-hydroxylation sites is 1. The molecule has 3 nitrogen and oxygen atoms in total. The summed E-state index contributed by atoms with van der Waals surface area (Å²) in [7, 11) is 0. The fraction of sp³-hybridized carbons (Fsp3) is 0.115. The molecule has 1 aliphatic rings. The molecule has 142 valence electrons. The number of benzene rings is 3. The van der Waals surface area contributed by atoms with Crippen LogP contribution >= 0.6 is 0 Å². The molecule has 29 heavy (non-hydrogen) atoms. The number of fused-ring (bicyclic) bond motifs is 1. The number of furan rings is 1. The van der Waals surface area contributed by atoms with Gasteiger partial charge in [-0.1, -0.05) is 78.9 Å². The van der Waals surface area contributed by atoms with Gasteiger partial charge in [-0.25, -0.2) is 0 Å². The van der Waals surface area contributed by atoms with Crippen molar-refractivity contribution >= 4 is 5.78 Å². The van der Waals surface area contributed by atoms with E-state index in [2.05, 4.69) is 18.2 Å². The van der Waals surface area contributed by atoms with E-state index in [4.69, 9.17) is 9.15 Å². The van der Waals surface area contributed by atoms with E-state index in [0.717, 1.165) is 16.9 Å². The van der Waals surface area contributed by atoms with Gasteiger partial charge in [0, 0.05) is 17.0 Å². The van der Waals surface area contributed by atoms with E-state index in [1.165, 1.54) is 0 Å². The molecule has 0 N–H and O–H groups in total. The quantitative estimate of drug-likeness (QED) is 0.405. The number of ketones is 1. The maximum atomic E-state index is 13.8. The van der Waals surface area contributed by atoms with Crippen molar-refractivity contribution < 1.29 is 13.9 Å². The van der Waals surface area contributed by atoms with Gasteiger partial charge in [0.15, 0.2) is 11.9 Å². The van der Waals surface area contributed by atoms with Crippen LogP contribution in [0.2, 0.25) is 0 Å². The van der Waals surface area contributed by atoms with Crippen LogP contribution in [0, 0.1) is 5.92 Å². The van der Waals surface area contributed by atoms with Crippen LogP contribution in [0.4, 0.5) is 0 Å². The molecule has 1 aromatic heterocycles. The minimum atomic E-state index is -0.502. The standard InChI is InChI=1S/C26H20O3/c27-25(19-12-5-2-6-13-19)24-23(18-10-3-1-4-11-18)20-14-7-8-15-21(20)29-26(24)22-16-9-17-28-22/h1-17,23-24,26H. The molecule has 2 heterocycles. The first-order valence-corrected chi connectivity index (χ1v) is 9.76. The van der Waals surface area contributed by atoms with Crippen molar-refractivity contribution in [3.05, 3.63) is 126 Å². The minimum Gasteiger partial charge on any atom is -0.481 e.